The first-order chi connectivity index (χ1) is 8.08. The second kappa shape index (κ2) is 6.42. The van der Waals surface area contributed by atoms with Crippen LogP contribution < -0.4 is 5.32 Å². The third kappa shape index (κ3) is 3.87. The molecular formula is C11H15ClN2O3. The van der Waals surface area contributed by atoms with Crippen LogP contribution in [0.15, 0.2) is 12.3 Å². The molecule has 0 aliphatic carbocycles. The first-order valence-corrected chi connectivity index (χ1v) is 5.60. The third-order valence-corrected chi connectivity index (χ3v) is 2.58. The van der Waals surface area contributed by atoms with Gasteiger partial charge in [0.15, 0.2) is 0 Å². The number of nitrogens with zero attached hydrogens (tertiary/aromatic N) is 1. The number of anilines is 1. The number of hydrogen-bond donors (Lipinski definition) is 2. The second-order valence-corrected chi connectivity index (χ2v) is 3.97. The van der Waals surface area contributed by atoms with Gasteiger partial charge in [0.1, 0.15) is 5.82 Å². The van der Waals surface area contributed by atoms with Crippen molar-refractivity contribution >= 4 is 23.4 Å². The largest absolute Gasteiger partial charge is 0.478 e. The minimum absolute atomic E-state index is 0.0698. The maximum absolute atomic E-state index is 10.7. The number of carboxylic acids is 1. The predicted octanol–water partition coefficient (Wildman–Crippen LogP) is 2.27. The Kier molecular flexibility index (Phi) is 5.18. The Balaban J connectivity index is 2.81. The van der Waals surface area contributed by atoms with Crippen LogP contribution in [0.5, 0.6) is 0 Å². The number of carboxylic acid groups (broad SMARTS) is 1. The molecule has 0 aliphatic rings. The average molecular weight is 259 g/mol. The molecule has 0 saturated carbocycles. The molecule has 0 radical (unpaired) electrons. The summed E-state index contributed by atoms with van der Waals surface area (Å²) in [4.78, 5) is 14.7. The highest BCUT2D eigenvalue weighted by Gasteiger charge is 2.11. The van der Waals surface area contributed by atoms with E-state index in [1.165, 1.54) is 12.3 Å². The smallest absolute Gasteiger partial charge is 0.337 e. The monoisotopic (exact) mass is 258 g/mol. The van der Waals surface area contributed by atoms with Gasteiger partial charge in [-0.05, 0) is 12.5 Å². The Morgan fingerprint density at radius 3 is 2.88 bits per heavy atom. The van der Waals surface area contributed by atoms with E-state index in [0.29, 0.717) is 17.4 Å². The number of ether oxygens (including phenoxy) is 1. The minimum atomic E-state index is -1.05. The molecule has 94 valence electrons. The third-order valence-electron chi connectivity index (χ3n) is 2.29. The number of rotatable bonds is 6. The fraction of sp³-hybridized carbons (Fsp3) is 0.455. The molecule has 5 nitrogen and oxygen atoms in total. The van der Waals surface area contributed by atoms with Crippen molar-refractivity contribution in [2.24, 2.45) is 0 Å². The van der Waals surface area contributed by atoms with Crippen LogP contribution >= 0.6 is 11.6 Å². The number of pyridine rings is 1. The summed E-state index contributed by atoms with van der Waals surface area (Å²) >= 11 is 5.95. The average Bonchev–Trinajstić information content (AvgIpc) is 2.30. The number of nitrogens with one attached hydrogen (secondary N) is 1. The van der Waals surface area contributed by atoms with E-state index in [0.717, 1.165) is 6.42 Å². The fourth-order valence-corrected chi connectivity index (χ4v) is 1.54. The summed E-state index contributed by atoms with van der Waals surface area (Å²) in [6.07, 6.45) is 2.13. The molecule has 1 atom stereocenters. The zero-order chi connectivity index (χ0) is 12.8. The van der Waals surface area contributed by atoms with Crippen molar-refractivity contribution in [2.75, 3.05) is 19.0 Å². The molecule has 1 aromatic rings. The van der Waals surface area contributed by atoms with Crippen LogP contribution in [0.1, 0.15) is 23.7 Å². The van der Waals surface area contributed by atoms with Crippen LogP contribution in [0.3, 0.4) is 0 Å². The summed E-state index contributed by atoms with van der Waals surface area (Å²) in [5.74, 6) is -0.574. The van der Waals surface area contributed by atoms with Gasteiger partial charge in [-0.15, -0.1) is 0 Å². The van der Waals surface area contributed by atoms with E-state index in [2.05, 4.69) is 10.3 Å². The Hall–Kier alpha value is -1.33. The van der Waals surface area contributed by atoms with Crippen molar-refractivity contribution in [1.82, 2.24) is 4.98 Å². The SMILES string of the molecule is CCC(COC)Nc1ncc(C(=O)O)cc1Cl. The second-order valence-electron chi connectivity index (χ2n) is 3.56. The van der Waals surface area contributed by atoms with Gasteiger partial charge in [-0.2, -0.15) is 0 Å². The molecule has 1 rings (SSSR count). The molecule has 0 saturated heterocycles. The van der Waals surface area contributed by atoms with Gasteiger partial charge in [-0.3, -0.25) is 0 Å². The predicted molar refractivity (Wildman–Crippen MR) is 65.8 cm³/mol. The summed E-state index contributed by atoms with van der Waals surface area (Å²) in [5.41, 5.74) is 0.0698. The van der Waals surface area contributed by atoms with Crippen LogP contribution in [0.2, 0.25) is 5.02 Å². The highest BCUT2D eigenvalue weighted by molar-refractivity contribution is 6.33. The van der Waals surface area contributed by atoms with Crippen LogP contribution in [0, 0.1) is 0 Å². The van der Waals surface area contributed by atoms with Crippen LogP contribution in [0.25, 0.3) is 0 Å². The summed E-state index contributed by atoms with van der Waals surface area (Å²) in [5, 5.41) is 12.2. The van der Waals surface area contributed by atoms with Crippen LogP contribution in [-0.2, 0) is 4.74 Å². The quantitative estimate of drug-likeness (QED) is 0.819. The molecule has 1 aromatic heterocycles. The fourth-order valence-electron chi connectivity index (χ4n) is 1.32. The van der Waals surface area contributed by atoms with Gasteiger partial charge in [0, 0.05) is 13.3 Å². The van der Waals surface area contributed by atoms with E-state index in [1.807, 2.05) is 6.92 Å². The van der Waals surface area contributed by atoms with Gasteiger partial charge >= 0.3 is 5.97 Å². The number of aromatic nitrogens is 1. The molecule has 1 unspecified atom stereocenters. The van der Waals surface area contributed by atoms with Gasteiger partial charge < -0.3 is 15.2 Å². The van der Waals surface area contributed by atoms with Crippen molar-refractivity contribution in [3.63, 3.8) is 0 Å². The van der Waals surface area contributed by atoms with Gasteiger partial charge in [0.25, 0.3) is 0 Å². The summed E-state index contributed by atoms with van der Waals surface area (Å²) < 4.78 is 5.04. The molecule has 1 heterocycles. The first kappa shape index (κ1) is 13.7. The van der Waals surface area contributed by atoms with E-state index in [-0.39, 0.29) is 11.6 Å². The maximum atomic E-state index is 10.7. The molecular weight excluding hydrogens is 244 g/mol. The Morgan fingerprint density at radius 1 is 1.71 bits per heavy atom. The van der Waals surface area contributed by atoms with Crippen molar-refractivity contribution in [2.45, 2.75) is 19.4 Å². The minimum Gasteiger partial charge on any atom is -0.478 e. The molecule has 0 aromatic carbocycles. The lowest BCUT2D eigenvalue weighted by Gasteiger charge is -2.17. The lowest BCUT2D eigenvalue weighted by Crippen LogP contribution is -2.24. The maximum Gasteiger partial charge on any atom is 0.337 e. The van der Waals surface area contributed by atoms with Crippen LogP contribution in [0.4, 0.5) is 5.82 Å². The first-order valence-electron chi connectivity index (χ1n) is 5.22. The summed E-state index contributed by atoms with van der Waals surface area (Å²) in [6.45, 7) is 2.55. The Bertz CT molecular complexity index is 398. The van der Waals surface area contributed by atoms with Gasteiger partial charge in [0.2, 0.25) is 0 Å². The molecule has 0 spiro atoms. The normalized spacial score (nSPS) is 12.2. The van der Waals surface area contributed by atoms with Crippen molar-refractivity contribution < 1.29 is 14.6 Å². The standard InChI is InChI=1S/C11H15ClN2O3/c1-3-8(6-17-2)14-10-9(12)4-7(5-13-10)11(15)16/h4-5,8H,3,6H2,1-2H3,(H,13,14)(H,15,16). The van der Waals surface area contributed by atoms with E-state index in [9.17, 15) is 4.79 Å². The summed E-state index contributed by atoms with van der Waals surface area (Å²) in [6, 6.07) is 1.47. The van der Waals surface area contributed by atoms with Gasteiger partial charge in [-0.25, -0.2) is 9.78 Å². The molecule has 0 aliphatic heterocycles. The highest BCUT2D eigenvalue weighted by Crippen LogP contribution is 2.21. The number of halogens is 1. The topological polar surface area (TPSA) is 71.5 Å². The highest BCUT2D eigenvalue weighted by atomic mass is 35.5. The number of aromatic carboxylic acids is 1. The van der Waals surface area contributed by atoms with Gasteiger partial charge in [0.05, 0.1) is 23.2 Å². The van der Waals surface area contributed by atoms with Crippen molar-refractivity contribution in [3.05, 3.63) is 22.8 Å². The lowest BCUT2D eigenvalue weighted by molar-refractivity contribution is 0.0696. The van der Waals surface area contributed by atoms with Crippen molar-refractivity contribution in [3.8, 4) is 0 Å². The molecule has 17 heavy (non-hydrogen) atoms. The van der Waals surface area contributed by atoms with E-state index in [4.69, 9.17) is 21.4 Å². The zero-order valence-electron chi connectivity index (χ0n) is 9.74. The molecule has 2 N–H and O–H groups in total. The molecule has 0 amide bonds. The number of carbonyl (C=O) groups is 1. The van der Waals surface area contributed by atoms with Gasteiger partial charge in [-0.1, -0.05) is 18.5 Å². The molecule has 0 fully saturated rings. The van der Waals surface area contributed by atoms with Crippen LogP contribution in [-0.4, -0.2) is 35.8 Å². The van der Waals surface area contributed by atoms with E-state index >= 15 is 0 Å². The van der Waals surface area contributed by atoms with E-state index < -0.39 is 5.97 Å². The summed E-state index contributed by atoms with van der Waals surface area (Å²) in [7, 11) is 1.62. The Morgan fingerprint density at radius 2 is 2.41 bits per heavy atom. The Labute approximate surface area is 105 Å². The molecule has 0 bridgehead atoms. The van der Waals surface area contributed by atoms with Crippen molar-refractivity contribution in [1.29, 1.82) is 0 Å². The molecule has 6 heteroatoms. The van der Waals surface area contributed by atoms with E-state index in [1.54, 1.807) is 7.11 Å². The number of hydrogen-bond acceptors (Lipinski definition) is 4. The lowest BCUT2D eigenvalue weighted by atomic mass is 10.2. The zero-order valence-corrected chi connectivity index (χ0v) is 10.5. The number of methoxy groups -OCH3 is 1.